The van der Waals surface area contributed by atoms with Gasteiger partial charge in [-0.1, -0.05) is 48.5 Å². The molecule has 198 valence electrons. The summed E-state index contributed by atoms with van der Waals surface area (Å²) in [5.74, 6) is -1.40. The Morgan fingerprint density at radius 1 is 1.03 bits per heavy atom. The van der Waals surface area contributed by atoms with Gasteiger partial charge in [-0.25, -0.2) is 4.79 Å². The molecule has 4 atom stereocenters. The number of carbonyl (C=O) groups excluding carboxylic acids is 4. The van der Waals surface area contributed by atoms with Gasteiger partial charge >= 0.3 is 6.16 Å². The van der Waals surface area contributed by atoms with Gasteiger partial charge in [-0.3, -0.25) is 14.4 Å². The Kier molecular flexibility index (Phi) is 7.28. The zero-order valence-corrected chi connectivity index (χ0v) is 24.0. The first-order valence-electron chi connectivity index (χ1n) is 13.3. The lowest BCUT2D eigenvalue weighted by molar-refractivity contribution is -0.188. The molecule has 3 aliphatic rings. The van der Waals surface area contributed by atoms with Gasteiger partial charge in [-0.15, -0.1) is 0 Å². The standard InChI is InChI=1S/C27H44O7Si/c1-10-35(11-2,12-3)34-19-15-18(28)27(21(29)17(4)5)22(30)26(19,14-13-24(27,6)7)16-20-25(8,9)33-23(31)32-20/h17,19-20H,10-16H2,1-9H3/t19-,20+,26+,27-/m1/s1. The van der Waals surface area contributed by atoms with E-state index in [2.05, 4.69) is 20.8 Å². The summed E-state index contributed by atoms with van der Waals surface area (Å²) < 4.78 is 17.9. The predicted octanol–water partition coefficient (Wildman–Crippen LogP) is 5.64. The maximum atomic E-state index is 14.8. The van der Waals surface area contributed by atoms with Crippen molar-refractivity contribution in [1.82, 2.24) is 0 Å². The van der Waals surface area contributed by atoms with E-state index in [1.165, 1.54) is 0 Å². The Labute approximate surface area is 211 Å². The summed E-state index contributed by atoms with van der Waals surface area (Å²) in [7, 11) is -2.21. The zero-order valence-electron chi connectivity index (χ0n) is 23.0. The van der Waals surface area contributed by atoms with E-state index in [-0.39, 0.29) is 30.2 Å². The van der Waals surface area contributed by atoms with Gasteiger partial charge in [0.25, 0.3) is 0 Å². The first-order chi connectivity index (χ1) is 16.1. The highest BCUT2D eigenvalue weighted by atomic mass is 28.4. The molecular weight excluding hydrogens is 464 g/mol. The van der Waals surface area contributed by atoms with E-state index in [0.29, 0.717) is 12.8 Å². The molecule has 35 heavy (non-hydrogen) atoms. The molecule has 0 unspecified atom stereocenters. The minimum Gasteiger partial charge on any atom is -0.427 e. The summed E-state index contributed by atoms with van der Waals surface area (Å²) in [4.78, 5) is 54.6. The summed E-state index contributed by atoms with van der Waals surface area (Å²) in [6.45, 7) is 17.2. The molecule has 7 nitrogen and oxygen atoms in total. The van der Waals surface area contributed by atoms with Crippen LogP contribution >= 0.6 is 0 Å². The number of Topliss-reactive ketones (excluding diaryl/α,β-unsaturated/α-hetero) is 3. The Bertz CT molecular complexity index is 895. The first-order valence-corrected chi connectivity index (χ1v) is 15.8. The first kappa shape index (κ1) is 28.0. The van der Waals surface area contributed by atoms with Crippen molar-refractivity contribution in [3.63, 3.8) is 0 Å². The van der Waals surface area contributed by atoms with Crippen molar-refractivity contribution < 1.29 is 33.1 Å². The molecule has 8 heteroatoms. The predicted molar refractivity (Wildman–Crippen MR) is 134 cm³/mol. The minimum absolute atomic E-state index is 0.0321. The number of carbonyl (C=O) groups is 4. The third-order valence-electron chi connectivity index (χ3n) is 9.54. The molecule has 0 amide bonds. The Morgan fingerprint density at radius 2 is 1.60 bits per heavy atom. The molecule has 0 aromatic rings. The number of rotatable bonds is 9. The van der Waals surface area contributed by atoms with Crippen LogP contribution in [0.1, 0.15) is 88.0 Å². The van der Waals surface area contributed by atoms with Crippen molar-refractivity contribution in [2.75, 3.05) is 0 Å². The van der Waals surface area contributed by atoms with Crippen LogP contribution in [0.25, 0.3) is 0 Å². The fourth-order valence-corrected chi connectivity index (χ4v) is 9.74. The van der Waals surface area contributed by atoms with E-state index in [0.717, 1.165) is 18.1 Å². The molecule has 2 saturated carbocycles. The molecule has 0 aromatic carbocycles. The van der Waals surface area contributed by atoms with Gasteiger partial charge in [0, 0.05) is 18.8 Å². The van der Waals surface area contributed by atoms with Crippen LogP contribution in [0, 0.1) is 22.2 Å². The molecule has 1 heterocycles. The van der Waals surface area contributed by atoms with E-state index in [1.807, 2.05) is 13.8 Å². The lowest BCUT2D eigenvalue weighted by Crippen LogP contribution is -2.72. The molecule has 2 bridgehead atoms. The van der Waals surface area contributed by atoms with Crippen LogP contribution in [0.4, 0.5) is 4.79 Å². The molecule has 0 spiro atoms. The van der Waals surface area contributed by atoms with Crippen LogP contribution in [-0.4, -0.2) is 49.6 Å². The van der Waals surface area contributed by atoms with Gasteiger partial charge < -0.3 is 13.9 Å². The van der Waals surface area contributed by atoms with Crippen molar-refractivity contribution in [3.8, 4) is 0 Å². The van der Waals surface area contributed by atoms with E-state index in [9.17, 15) is 19.2 Å². The normalized spacial score (nSPS) is 34.1. The molecule has 0 radical (unpaired) electrons. The second-order valence-electron chi connectivity index (χ2n) is 12.4. The third kappa shape index (κ3) is 4.03. The van der Waals surface area contributed by atoms with Gasteiger partial charge in [-0.2, -0.15) is 0 Å². The zero-order chi connectivity index (χ0) is 26.6. The molecular formula is C27H44O7Si. The SMILES string of the molecule is CC[Si](CC)(CC)O[C@@H]1CC(=O)[C@@]2(C(=O)C(C)C)C(=O)[C@]1(C[C@@H]1OC(=O)OC1(C)C)CCC2(C)C. The monoisotopic (exact) mass is 508 g/mol. The number of fused-ring (bicyclic) bond motifs is 2. The van der Waals surface area contributed by atoms with Crippen molar-refractivity contribution >= 4 is 31.8 Å². The number of hydrogen-bond donors (Lipinski definition) is 0. The van der Waals surface area contributed by atoms with Gasteiger partial charge in [0.05, 0.1) is 11.5 Å². The second kappa shape index (κ2) is 9.09. The van der Waals surface area contributed by atoms with E-state index < -0.39 is 54.4 Å². The summed E-state index contributed by atoms with van der Waals surface area (Å²) in [6, 6.07) is 2.64. The number of hydrogen-bond acceptors (Lipinski definition) is 7. The van der Waals surface area contributed by atoms with Crippen LogP contribution in [0.3, 0.4) is 0 Å². The fraction of sp³-hybridized carbons (Fsp3) is 0.852. The van der Waals surface area contributed by atoms with Crippen molar-refractivity contribution in [1.29, 1.82) is 0 Å². The van der Waals surface area contributed by atoms with E-state index >= 15 is 0 Å². The van der Waals surface area contributed by atoms with Crippen molar-refractivity contribution in [3.05, 3.63) is 0 Å². The quantitative estimate of drug-likeness (QED) is 0.226. The maximum Gasteiger partial charge on any atom is 0.509 e. The van der Waals surface area contributed by atoms with Gasteiger partial charge in [0.1, 0.15) is 11.7 Å². The highest BCUT2D eigenvalue weighted by molar-refractivity contribution is 6.73. The number of ether oxygens (including phenoxy) is 2. The smallest absolute Gasteiger partial charge is 0.427 e. The minimum atomic E-state index is -2.21. The van der Waals surface area contributed by atoms with Gasteiger partial charge in [0.2, 0.25) is 0 Å². The molecule has 0 N–H and O–H groups in total. The lowest BCUT2D eigenvalue weighted by Gasteiger charge is -2.60. The molecule has 1 saturated heterocycles. The van der Waals surface area contributed by atoms with Gasteiger partial charge in [-0.05, 0) is 50.2 Å². The van der Waals surface area contributed by atoms with Crippen LogP contribution in [0.5, 0.6) is 0 Å². The van der Waals surface area contributed by atoms with E-state index in [4.69, 9.17) is 13.9 Å². The Hall–Kier alpha value is -1.54. The Morgan fingerprint density at radius 3 is 2.06 bits per heavy atom. The summed E-state index contributed by atoms with van der Waals surface area (Å²) >= 11 is 0. The van der Waals surface area contributed by atoms with Crippen LogP contribution in [0.15, 0.2) is 0 Å². The number of ketones is 3. The summed E-state index contributed by atoms with van der Waals surface area (Å²) in [5, 5.41) is 0. The molecule has 3 rings (SSSR count). The van der Waals surface area contributed by atoms with Gasteiger partial charge in [0.15, 0.2) is 31.1 Å². The maximum absolute atomic E-state index is 14.8. The van der Waals surface area contributed by atoms with Crippen LogP contribution < -0.4 is 0 Å². The van der Waals surface area contributed by atoms with Crippen LogP contribution in [0.2, 0.25) is 18.1 Å². The molecule has 0 aromatic heterocycles. The highest BCUT2D eigenvalue weighted by Gasteiger charge is 2.74. The van der Waals surface area contributed by atoms with Crippen molar-refractivity contribution in [2.24, 2.45) is 22.2 Å². The Balaban J connectivity index is 2.21. The summed E-state index contributed by atoms with van der Waals surface area (Å²) in [6.07, 6.45) is -0.828. The number of cyclic esters (lactones) is 2. The second-order valence-corrected chi connectivity index (χ2v) is 17.1. The largest absolute Gasteiger partial charge is 0.509 e. The molecule has 1 aliphatic heterocycles. The van der Waals surface area contributed by atoms with E-state index in [1.54, 1.807) is 27.7 Å². The fourth-order valence-electron chi connectivity index (χ4n) is 6.82. The molecule has 2 aliphatic carbocycles. The summed E-state index contributed by atoms with van der Waals surface area (Å²) in [5.41, 5.74) is -4.53. The average Bonchev–Trinajstić information content (AvgIpc) is 3.03. The third-order valence-corrected chi connectivity index (χ3v) is 14.2. The highest BCUT2D eigenvalue weighted by Crippen LogP contribution is 2.63. The lowest BCUT2D eigenvalue weighted by atomic mass is 9.41. The molecule has 3 fully saturated rings. The van der Waals surface area contributed by atoms with Crippen molar-refractivity contribution in [2.45, 2.75) is 124 Å². The van der Waals surface area contributed by atoms with Crippen LogP contribution in [-0.2, 0) is 28.3 Å². The average molecular weight is 509 g/mol. The topological polar surface area (TPSA) is 96.0 Å².